The van der Waals surface area contributed by atoms with Crippen LogP contribution in [0.4, 0.5) is 0 Å². The zero-order valence-corrected chi connectivity index (χ0v) is 12.9. The second kappa shape index (κ2) is 6.98. The minimum absolute atomic E-state index is 0.207. The van der Waals surface area contributed by atoms with Crippen molar-refractivity contribution in [3.8, 4) is 0 Å². The predicted octanol–water partition coefficient (Wildman–Crippen LogP) is 0.685. The highest BCUT2D eigenvalue weighted by Crippen LogP contribution is 2.08. The Hall–Kier alpha value is -1.22. The van der Waals surface area contributed by atoms with Gasteiger partial charge in [-0.1, -0.05) is 0 Å². The Morgan fingerprint density at radius 2 is 2.25 bits per heavy atom. The van der Waals surface area contributed by atoms with Crippen LogP contribution in [0.3, 0.4) is 0 Å². The summed E-state index contributed by atoms with van der Waals surface area (Å²) < 4.78 is 28.3. The summed E-state index contributed by atoms with van der Waals surface area (Å²) in [5, 5.41) is 11.0. The van der Waals surface area contributed by atoms with Gasteiger partial charge in [0.25, 0.3) is 0 Å². The van der Waals surface area contributed by atoms with Crippen molar-refractivity contribution in [1.29, 1.82) is 0 Å². The van der Waals surface area contributed by atoms with E-state index in [1.165, 1.54) is 6.20 Å². The van der Waals surface area contributed by atoms with Gasteiger partial charge in [0, 0.05) is 19.3 Å². The SMILES string of the molecule is CNCCn1cc(S(=O)(=O)NCCc2ccsc2)cn1. The molecule has 0 unspecified atom stereocenters. The van der Waals surface area contributed by atoms with E-state index in [1.807, 2.05) is 23.9 Å². The molecule has 0 saturated carbocycles. The van der Waals surface area contributed by atoms with Crippen LogP contribution in [-0.2, 0) is 23.0 Å². The fourth-order valence-electron chi connectivity index (χ4n) is 1.68. The van der Waals surface area contributed by atoms with Gasteiger partial charge in [-0.15, -0.1) is 0 Å². The average Bonchev–Trinajstić information content (AvgIpc) is 3.07. The lowest BCUT2D eigenvalue weighted by Crippen LogP contribution is -2.25. The molecule has 0 aromatic carbocycles. The average molecular weight is 314 g/mol. The fourth-order valence-corrected chi connectivity index (χ4v) is 3.37. The number of sulfonamides is 1. The van der Waals surface area contributed by atoms with Crippen LogP contribution in [0.5, 0.6) is 0 Å². The molecule has 0 atom stereocenters. The number of thiophene rings is 1. The maximum absolute atomic E-state index is 12.1. The standard InChI is InChI=1S/C12H18N4O2S2/c1-13-5-6-16-9-12(8-14-16)20(17,18)15-4-2-11-3-7-19-10-11/h3,7-10,13,15H,2,4-6H2,1H3. The molecule has 6 nitrogen and oxygen atoms in total. The third-order valence-electron chi connectivity index (χ3n) is 2.80. The number of rotatable bonds is 8. The van der Waals surface area contributed by atoms with E-state index in [1.54, 1.807) is 22.2 Å². The van der Waals surface area contributed by atoms with Crippen LogP contribution in [0.2, 0.25) is 0 Å². The van der Waals surface area contributed by atoms with Crippen molar-refractivity contribution < 1.29 is 8.42 Å². The van der Waals surface area contributed by atoms with E-state index in [4.69, 9.17) is 0 Å². The van der Waals surface area contributed by atoms with Gasteiger partial charge in [-0.05, 0) is 35.9 Å². The van der Waals surface area contributed by atoms with Crippen molar-refractivity contribution in [3.63, 3.8) is 0 Å². The van der Waals surface area contributed by atoms with Gasteiger partial charge in [0.1, 0.15) is 4.90 Å². The first-order valence-corrected chi connectivity index (χ1v) is 8.72. The molecule has 0 amide bonds. The van der Waals surface area contributed by atoms with E-state index in [2.05, 4.69) is 15.1 Å². The second-order valence-electron chi connectivity index (χ2n) is 4.32. The van der Waals surface area contributed by atoms with E-state index in [9.17, 15) is 8.42 Å². The Labute approximate surface area is 122 Å². The van der Waals surface area contributed by atoms with Gasteiger partial charge in [0.2, 0.25) is 10.0 Å². The van der Waals surface area contributed by atoms with Gasteiger partial charge < -0.3 is 5.32 Å². The fraction of sp³-hybridized carbons (Fsp3) is 0.417. The van der Waals surface area contributed by atoms with Crippen molar-refractivity contribution in [3.05, 3.63) is 34.8 Å². The molecule has 0 aliphatic rings. The summed E-state index contributed by atoms with van der Waals surface area (Å²) in [6, 6.07) is 1.99. The van der Waals surface area contributed by atoms with Gasteiger partial charge in [0.05, 0.1) is 12.7 Å². The first-order valence-electron chi connectivity index (χ1n) is 6.29. The quantitative estimate of drug-likeness (QED) is 0.751. The van der Waals surface area contributed by atoms with Crippen LogP contribution in [-0.4, -0.2) is 38.3 Å². The zero-order chi connectivity index (χ0) is 14.4. The van der Waals surface area contributed by atoms with E-state index in [0.29, 0.717) is 19.5 Å². The van der Waals surface area contributed by atoms with Crippen molar-refractivity contribution >= 4 is 21.4 Å². The topological polar surface area (TPSA) is 76.0 Å². The maximum atomic E-state index is 12.1. The molecular formula is C12H18N4O2S2. The summed E-state index contributed by atoms with van der Waals surface area (Å²) in [5.41, 5.74) is 1.14. The Bertz CT molecular complexity index is 620. The van der Waals surface area contributed by atoms with Crippen molar-refractivity contribution in [2.45, 2.75) is 17.9 Å². The van der Waals surface area contributed by atoms with Crippen LogP contribution in [0.25, 0.3) is 0 Å². The Kier molecular flexibility index (Phi) is 5.30. The van der Waals surface area contributed by atoms with Crippen LogP contribution in [0.15, 0.2) is 34.1 Å². The zero-order valence-electron chi connectivity index (χ0n) is 11.2. The summed E-state index contributed by atoms with van der Waals surface area (Å²) in [5.74, 6) is 0. The van der Waals surface area contributed by atoms with Gasteiger partial charge in [-0.2, -0.15) is 16.4 Å². The maximum Gasteiger partial charge on any atom is 0.243 e. The highest BCUT2D eigenvalue weighted by atomic mass is 32.2. The van der Waals surface area contributed by atoms with E-state index < -0.39 is 10.0 Å². The van der Waals surface area contributed by atoms with Crippen molar-refractivity contribution in [2.75, 3.05) is 20.1 Å². The van der Waals surface area contributed by atoms with Crippen LogP contribution in [0, 0.1) is 0 Å². The van der Waals surface area contributed by atoms with Crippen LogP contribution >= 0.6 is 11.3 Å². The number of aromatic nitrogens is 2. The normalized spacial score (nSPS) is 11.8. The number of likely N-dealkylation sites (N-methyl/N-ethyl adjacent to an activating group) is 1. The smallest absolute Gasteiger partial charge is 0.243 e. The van der Waals surface area contributed by atoms with Crippen molar-refractivity contribution in [1.82, 2.24) is 19.8 Å². The van der Waals surface area contributed by atoms with Crippen LogP contribution < -0.4 is 10.0 Å². The Morgan fingerprint density at radius 3 is 2.95 bits per heavy atom. The lowest BCUT2D eigenvalue weighted by molar-refractivity contribution is 0.576. The highest BCUT2D eigenvalue weighted by molar-refractivity contribution is 7.89. The molecule has 2 aromatic heterocycles. The molecule has 0 bridgehead atoms. The third-order valence-corrected chi connectivity index (χ3v) is 4.94. The molecule has 0 fully saturated rings. The highest BCUT2D eigenvalue weighted by Gasteiger charge is 2.15. The third kappa shape index (κ3) is 4.14. The molecule has 110 valence electrons. The number of hydrogen-bond donors (Lipinski definition) is 2. The lowest BCUT2D eigenvalue weighted by Gasteiger charge is -2.03. The summed E-state index contributed by atoms with van der Waals surface area (Å²) in [7, 11) is -1.63. The largest absolute Gasteiger partial charge is 0.318 e. The minimum Gasteiger partial charge on any atom is -0.318 e. The summed E-state index contributed by atoms with van der Waals surface area (Å²) in [6.07, 6.45) is 3.61. The molecular weight excluding hydrogens is 296 g/mol. The second-order valence-corrected chi connectivity index (χ2v) is 6.87. The molecule has 2 N–H and O–H groups in total. The molecule has 0 saturated heterocycles. The molecule has 2 heterocycles. The molecule has 0 radical (unpaired) electrons. The minimum atomic E-state index is -3.47. The molecule has 0 aliphatic heterocycles. The number of nitrogens with zero attached hydrogens (tertiary/aromatic N) is 2. The van der Waals surface area contributed by atoms with E-state index >= 15 is 0 Å². The van der Waals surface area contributed by atoms with Gasteiger partial charge >= 0.3 is 0 Å². The van der Waals surface area contributed by atoms with Gasteiger partial charge in [-0.25, -0.2) is 13.1 Å². The van der Waals surface area contributed by atoms with E-state index in [-0.39, 0.29) is 4.90 Å². The van der Waals surface area contributed by atoms with Crippen molar-refractivity contribution in [2.24, 2.45) is 0 Å². The number of nitrogens with one attached hydrogen (secondary N) is 2. The molecule has 0 spiro atoms. The van der Waals surface area contributed by atoms with Crippen LogP contribution in [0.1, 0.15) is 5.56 Å². The molecule has 2 aromatic rings. The summed E-state index contributed by atoms with van der Waals surface area (Å²) in [6.45, 7) is 1.77. The molecule has 20 heavy (non-hydrogen) atoms. The lowest BCUT2D eigenvalue weighted by atomic mass is 10.2. The number of hydrogen-bond acceptors (Lipinski definition) is 5. The molecule has 8 heteroatoms. The Morgan fingerprint density at radius 1 is 1.40 bits per heavy atom. The van der Waals surface area contributed by atoms with E-state index in [0.717, 1.165) is 12.1 Å². The molecule has 2 rings (SSSR count). The predicted molar refractivity (Wildman–Crippen MR) is 79.4 cm³/mol. The monoisotopic (exact) mass is 314 g/mol. The first kappa shape index (κ1) is 15.2. The van der Waals surface area contributed by atoms with Gasteiger partial charge in [-0.3, -0.25) is 4.68 Å². The Balaban J connectivity index is 1.90. The summed E-state index contributed by atoms with van der Waals surface area (Å²) in [4.78, 5) is 0.207. The first-order chi connectivity index (χ1) is 9.62. The molecule has 0 aliphatic carbocycles. The summed E-state index contributed by atoms with van der Waals surface area (Å²) >= 11 is 1.61. The van der Waals surface area contributed by atoms with Gasteiger partial charge in [0.15, 0.2) is 0 Å².